The molecular formula is C14H18N4. The second kappa shape index (κ2) is 6.83. The summed E-state index contributed by atoms with van der Waals surface area (Å²) in [4.78, 5) is 8.41. The second-order valence-electron chi connectivity index (χ2n) is 4.15. The molecule has 2 heterocycles. The van der Waals surface area contributed by atoms with E-state index < -0.39 is 0 Å². The van der Waals surface area contributed by atoms with Crippen molar-refractivity contribution >= 4 is 0 Å². The Kier molecular flexibility index (Phi) is 4.81. The van der Waals surface area contributed by atoms with E-state index in [4.69, 9.17) is 0 Å². The van der Waals surface area contributed by atoms with Crippen LogP contribution in [-0.2, 0) is 19.6 Å². The van der Waals surface area contributed by atoms with E-state index in [-0.39, 0.29) is 0 Å². The van der Waals surface area contributed by atoms with Gasteiger partial charge in [-0.3, -0.25) is 9.97 Å². The summed E-state index contributed by atoms with van der Waals surface area (Å²) in [5.41, 5.74) is 3.50. The molecule has 0 fully saturated rings. The summed E-state index contributed by atoms with van der Waals surface area (Å²) >= 11 is 0. The van der Waals surface area contributed by atoms with Crippen LogP contribution in [0.3, 0.4) is 0 Å². The summed E-state index contributed by atoms with van der Waals surface area (Å²) in [5, 5.41) is 6.47. The van der Waals surface area contributed by atoms with E-state index in [1.165, 1.54) is 11.1 Å². The normalized spacial score (nSPS) is 10.5. The summed E-state index contributed by atoms with van der Waals surface area (Å²) in [6, 6.07) is 8.19. The van der Waals surface area contributed by atoms with Gasteiger partial charge in [0, 0.05) is 38.2 Å². The molecule has 0 aromatic carbocycles. The second-order valence-corrected chi connectivity index (χ2v) is 4.15. The molecule has 0 aliphatic carbocycles. The molecule has 0 radical (unpaired) electrons. The molecule has 0 bridgehead atoms. The predicted molar refractivity (Wildman–Crippen MR) is 71.8 cm³/mol. The minimum absolute atomic E-state index is 0.780. The van der Waals surface area contributed by atoms with Crippen molar-refractivity contribution in [3.63, 3.8) is 0 Å². The largest absolute Gasteiger partial charge is 0.316 e. The number of pyridine rings is 2. The van der Waals surface area contributed by atoms with Crippen molar-refractivity contribution in [1.29, 1.82) is 0 Å². The van der Waals surface area contributed by atoms with Crippen LogP contribution in [0.25, 0.3) is 0 Å². The molecule has 2 aromatic rings. The van der Waals surface area contributed by atoms with Crippen molar-refractivity contribution in [3.05, 3.63) is 59.7 Å². The minimum atomic E-state index is 0.780. The van der Waals surface area contributed by atoms with Crippen molar-refractivity contribution in [2.75, 3.05) is 7.05 Å². The lowest BCUT2D eigenvalue weighted by atomic mass is 10.2. The summed E-state index contributed by atoms with van der Waals surface area (Å²) in [6.07, 6.45) is 5.53. The molecule has 2 aromatic heterocycles. The first-order chi connectivity index (χ1) is 8.88. The molecule has 18 heavy (non-hydrogen) atoms. The van der Waals surface area contributed by atoms with Gasteiger partial charge in [0.25, 0.3) is 0 Å². The molecule has 0 spiro atoms. The maximum atomic E-state index is 4.41. The molecule has 0 saturated heterocycles. The van der Waals surface area contributed by atoms with Gasteiger partial charge in [-0.1, -0.05) is 6.07 Å². The van der Waals surface area contributed by atoms with Gasteiger partial charge in [0.15, 0.2) is 0 Å². The number of rotatable bonds is 6. The summed E-state index contributed by atoms with van der Waals surface area (Å²) in [6.45, 7) is 2.47. The topological polar surface area (TPSA) is 49.8 Å². The van der Waals surface area contributed by atoms with Gasteiger partial charge in [-0.15, -0.1) is 0 Å². The quantitative estimate of drug-likeness (QED) is 0.805. The monoisotopic (exact) mass is 242 g/mol. The highest BCUT2D eigenvalue weighted by molar-refractivity contribution is 5.14. The molecule has 4 nitrogen and oxygen atoms in total. The van der Waals surface area contributed by atoms with Gasteiger partial charge in [0.1, 0.15) is 0 Å². The highest BCUT2D eigenvalue weighted by Gasteiger charge is 1.96. The molecule has 0 aliphatic rings. The third kappa shape index (κ3) is 3.91. The van der Waals surface area contributed by atoms with Crippen LogP contribution >= 0.6 is 0 Å². The molecule has 0 unspecified atom stereocenters. The van der Waals surface area contributed by atoms with E-state index in [2.05, 4.69) is 32.7 Å². The highest BCUT2D eigenvalue weighted by atomic mass is 14.9. The van der Waals surface area contributed by atoms with Crippen LogP contribution in [0.5, 0.6) is 0 Å². The SMILES string of the molecule is CNCc1ccc(CNCc2ccncc2)nc1. The summed E-state index contributed by atoms with van der Waals surface area (Å²) in [5.74, 6) is 0. The predicted octanol–water partition coefficient (Wildman–Crippen LogP) is 1.49. The van der Waals surface area contributed by atoms with Crippen molar-refractivity contribution in [3.8, 4) is 0 Å². The molecular weight excluding hydrogens is 224 g/mol. The van der Waals surface area contributed by atoms with Crippen molar-refractivity contribution in [2.45, 2.75) is 19.6 Å². The zero-order valence-electron chi connectivity index (χ0n) is 10.6. The summed E-state index contributed by atoms with van der Waals surface area (Å²) in [7, 11) is 1.93. The fourth-order valence-electron chi connectivity index (χ4n) is 1.70. The van der Waals surface area contributed by atoms with Crippen molar-refractivity contribution < 1.29 is 0 Å². The number of aromatic nitrogens is 2. The number of hydrogen-bond acceptors (Lipinski definition) is 4. The van der Waals surface area contributed by atoms with Gasteiger partial charge in [-0.25, -0.2) is 0 Å². The molecule has 94 valence electrons. The Morgan fingerprint density at radius 1 is 0.944 bits per heavy atom. The first-order valence-corrected chi connectivity index (χ1v) is 6.06. The standard InChI is InChI=1S/C14H18N4/c1-15-8-13-2-3-14(18-10-13)11-17-9-12-4-6-16-7-5-12/h2-7,10,15,17H,8-9,11H2,1H3. The Morgan fingerprint density at radius 3 is 2.44 bits per heavy atom. The van der Waals surface area contributed by atoms with E-state index in [1.54, 1.807) is 0 Å². The first-order valence-electron chi connectivity index (χ1n) is 6.06. The van der Waals surface area contributed by atoms with Crippen molar-refractivity contribution in [2.24, 2.45) is 0 Å². The summed E-state index contributed by atoms with van der Waals surface area (Å²) < 4.78 is 0. The van der Waals surface area contributed by atoms with Gasteiger partial charge in [-0.05, 0) is 36.4 Å². The molecule has 0 amide bonds. The zero-order valence-corrected chi connectivity index (χ0v) is 10.6. The number of nitrogens with one attached hydrogen (secondary N) is 2. The Morgan fingerprint density at radius 2 is 1.78 bits per heavy atom. The van der Waals surface area contributed by atoms with Crippen LogP contribution in [0, 0.1) is 0 Å². The van der Waals surface area contributed by atoms with Crippen LogP contribution < -0.4 is 10.6 Å². The third-order valence-electron chi connectivity index (χ3n) is 2.65. The van der Waals surface area contributed by atoms with E-state index in [0.717, 1.165) is 25.3 Å². The number of hydrogen-bond donors (Lipinski definition) is 2. The van der Waals surface area contributed by atoms with Gasteiger partial charge in [0.2, 0.25) is 0 Å². The lowest BCUT2D eigenvalue weighted by Crippen LogP contribution is -2.14. The molecule has 0 atom stereocenters. The average Bonchev–Trinajstić information content (AvgIpc) is 2.42. The Bertz CT molecular complexity index is 453. The molecule has 4 heteroatoms. The van der Waals surface area contributed by atoms with E-state index >= 15 is 0 Å². The van der Waals surface area contributed by atoms with E-state index in [9.17, 15) is 0 Å². The van der Waals surface area contributed by atoms with Crippen LogP contribution in [0.4, 0.5) is 0 Å². The lowest BCUT2D eigenvalue weighted by molar-refractivity contribution is 0.677. The smallest absolute Gasteiger partial charge is 0.0541 e. The van der Waals surface area contributed by atoms with Crippen molar-refractivity contribution in [1.82, 2.24) is 20.6 Å². The zero-order chi connectivity index (χ0) is 12.6. The van der Waals surface area contributed by atoms with Crippen LogP contribution in [0.15, 0.2) is 42.9 Å². The number of nitrogens with zero attached hydrogens (tertiary/aromatic N) is 2. The Labute approximate surface area is 107 Å². The average molecular weight is 242 g/mol. The van der Waals surface area contributed by atoms with Crippen LogP contribution in [-0.4, -0.2) is 17.0 Å². The van der Waals surface area contributed by atoms with Gasteiger partial charge in [-0.2, -0.15) is 0 Å². The molecule has 0 aliphatic heterocycles. The molecule has 0 saturated carbocycles. The fourth-order valence-corrected chi connectivity index (χ4v) is 1.70. The molecule has 2 rings (SSSR count). The minimum Gasteiger partial charge on any atom is -0.316 e. The van der Waals surface area contributed by atoms with Gasteiger partial charge in [0.05, 0.1) is 5.69 Å². The van der Waals surface area contributed by atoms with E-state index in [1.807, 2.05) is 37.8 Å². The van der Waals surface area contributed by atoms with Crippen LogP contribution in [0.2, 0.25) is 0 Å². The fraction of sp³-hybridized carbons (Fsp3) is 0.286. The Hall–Kier alpha value is -1.78. The molecule has 2 N–H and O–H groups in total. The third-order valence-corrected chi connectivity index (χ3v) is 2.65. The van der Waals surface area contributed by atoms with Gasteiger partial charge >= 0.3 is 0 Å². The highest BCUT2D eigenvalue weighted by Crippen LogP contribution is 2.01. The van der Waals surface area contributed by atoms with E-state index in [0.29, 0.717) is 0 Å². The lowest BCUT2D eigenvalue weighted by Gasteiger charge is -2.05. The van der Waals surface area contributed by atoms with Gasteiger partial charge < -0.3 is 10.6 Å². The maximum Gasteiger partial charge on any atom is 0.0541 e. The Balaban J connectivity index is 1.80. The maximum absolute atomic E-state index is 4.41. The first kappa shape index (κ1) is 12.7. The van der Waals surface area contributed by atoms with Crippen LogP contribution in [0.1, 0.15) is 16.8 Å².